The largest absolute Gasteiger partial charge is 0.490 e. The van der Waals surface area contributed by atoms with E-state index in [0.717, 1.165) is 6.33 Å². The van der Waals surface area contributed by atoms with Crippen LogP contribution in [0.5, 0.6) is 0 Å². The SMILES string of the molecule is CC1(O)C(O)C(CO)OC1n1cc(B(O)O)c2c(NO)ncnc21. The molecule has 130 valence electrons. The van der Waals surface area contributed by atoms with Gasteiger partial charge in [-0.15, -0.1) is 0 Å². The molecule has 12 heteroatoms. The highest BCUT2D eigenvalue weighted by molar-refractivity contribution is 6.62. The second kappa shape index (κ2) is 5.93. The first-order valence-corrected chi connectivity index (χ1v) is 7.11. The number of aliphatic hydroxyl groups excluding tert-OH is 2. The van der Waals surface area contributed by atoms with E-state index < -0.39 is 37.8 Å². The van der Waals surface area contributed by atoms with Crippen LogP contribution in [0, 0.1) is 0 Å². The van der Waals surface area contributed by atoms with Crippen molar-refractivity contribution in [2.75, 3.05) is 12.1 Å². The Morgan fingerprint density at radius 3 is 2.67 bits per heavy atom. The molecule has 7 N–H and O–H groups in total. The van der Waals surface area contributed by atoms with Crippen LogP contribution in [0.1, 0.15) is 13.2 Å². The molecule has 1 aliphatic heterocycles. The Kier molecular flexibility index (Phi) is 4.21. The van der Waals surface area contributed by atoms with Crippen LogP contribution in [0.15, 0.2) is 12.5 Å². The molecule has 11 nitrogen and oxygen atoms in total. The number of fused-ring (bicyclic) bond motifs is 1. The van der Waals surface area contributed by atoms with Crippen molar-refractivity contribution in [1.82, 2.24) is 14.5 Å². The zero-order valence-corrected chi connectivity index (χ0v) is 12.6. The monoisotopic (exact) mass is 340 g/mol. The van der Waals surface area contributed by atoms with Crippen molar-refractivity contribution >= 4 is 29.4 Å². The Labute approximate surface area is 135 Å². The van der Waals surface area contributed by atoms with Crippen LogP contribution in [0.2, 0.25) is 0 Å². The van der Waals surface area contributed by atoms with Gasteiger partial charge in [-0.2, -0.15) is 0 Å². The Bertz CT molecular complexity index is 752. The average molecular weight is 340 g/mol. The van der Waals surface area contributed by atoms with Gasteiger partial charge in [-0.1, -0.05) is 0 Å². The molecule has 3 rings (SSSR count). The fourth-order valence-corrected chi connectivity index (χ4v) is 2.96. The third kappa shape index (κ3) is 2.36. The predicted molar refractivity (Wildman–Crippen MR) is 80.4 cm³/mol. The van der Waals surface area contributed by atoms with Crippen molar-refractivity contribution in [2.45, 2.75) is 31.0 Å². The zero-order valence-electron chi connectivity index (χ0n) is 12.6. The van der Waals surface area contributed by atoms with E-state index >= 15 is 0 Å². The van der Waals surface area contributed by atoms with Crippen molar-refractivity contribution in [3.05, 3.63) is 12.5 Å². The maximum absolute atomic E-state index is 10.6. The number of hydrogen-bond donors (Lipinski definition) is 7. The summed E-state index contributed by atoms with van der Waals surface area (Å²) in [5, 5.41) is 58.4. The van der Waals surface area contributed by atoms with Crippen molar-refractivity contribution in [3.63, 3.8) is 0 Å². The van der Waals surface area contributed by atoms with Gasteiger partial charge in [-0.05, 0) is 6.92 Å². The summed E-state index contributed by atoms with van der Waals surface area (Å²) in [6.45, 7) is 0.812. The summed E-state index contributed by atoms with van der Waals surface area (Å²) in [6.07, 6.45) is -1.18. The summed E-state index contributed by atoms with van der Waals surface area (Å²) in [6, 6.07) is 0. The van der Waals surface area contributed by atoms with Crippen LogP contribution >= 0.6 is 0 Å². The normalized spacial score (nSPS) is 30.0. The van der Waals surface area contributed by atoms with Crippen LogP contribution in [0.3, 0.4) is 0 Å². The van der Waals surface area contributed by atoms with Crippen LogP contribution < -0.4 is 10.9 Å². The Morgan fingerprint density at radius 2 is 2.12 bits per heavy atom. The molecule has 4 unspecified atom stereocenters. The van der Waals surface area contributed by atoms with E-state index in [2.05, 4.69) is 9.97 Å². The lowest BCUT2D eigenvalue weighted by Crippen LogP contribution is -2.44. The molecule has 0 bridgehead atoms. The summed E-state index contributed by atoms with van der Waals surface area (Å²) in [5.41, 5.74) is 0.144. The number of nitrogens with one attached hydrogen (secondary N) is 1. The van der Waals surface area contributed by atoms with Gasteiger partial charge >= 0.3 is 7.12 Å². The summed E-state index contributed by atoms with van der Waals surface area (Å²) in [5.74, 6) is -0.0706. The number of rotatable bonds is 4. The van der Waals surface area contributed by atoms with Crippen LogP contribution in [-0.2, 0) is 4.74 Å². The topological polar surface area (TPSA) is 173 Å². The number of anilines is 1. The number of aromatic nitrogens is 3. The van der Waals surface area contributed by atoms with Crippen molar-refractivity contribution in [1.29, 1.82) is 0 Å². The standard InChI is InChI=1S/C12H17BN4O7/c1-12(20)8(19)6(3-18)24-11(12)17-2-5(13(21)22)7-9(16-23)14-4-15-10(7)17/h2,4,6,8,11,18-23H,3H2,1H3,(H,14,15,16). The van der Waals surface area contributed by atoms with Gasteiger partial charge in [0.1, 0.15) is 29.8 Å². The molecule has 2 aromatic rings. The second-order valence-electron chi connectivity index (χ2n) is 5.78. The molecule has 1 fully saturated rings. The van der Waals surface area contributed by atoms with E-state index in [4.69, 9.17) is 4.74 Å². The quantitative estimate of drug-likeness (QED) is 0.223. The minimum Gasteiger partial charge on any atom is -0.423 e. The summed E-state index contributed by atoms with van der Waals surface area (Å²) in [7, 11) is -1.91. The molecule has 0 aliphatic carbocycles. The molecule has 0 saturated carbocycles. The number of ether oxygens (including phenoxy) is 1. The van der Waals surface area contributed by atoms with Crippen molar-refractivity contribution < 1.29 is 35.3 Å². The molecule has 24 heavy (non-hydrogen) atoms. The average Bonchev–Trinajstić information content (AvgIpc) is 3.04. The molecule has 0 spiro atoms. The van der Waals surface area contributed by atoms with Gasteiger partial charge in [0, 0.05) is 11.7 Å². The second-order valence-corrected chi connectivity index (χ2v) is 5.78. The maximum Gasteiger partial charge on any atom is 0.490 e. The minimum atomic E-state index is -1.91. The molecule has 0 aromatic carbocycles. The minimum absolute atomic E-state index is 0.0384. The molecular weight excluding hydrogens is 323 g/mol. The summed E-state index contributed by atoms with van der Waals surface area (Å²) in [4.78, 5) is 7.81. The fourth-order valence-electron chi connectivity index (χ4n) is 2.96. The number of hydrogen-bond acceptors (Lipinski definition) is 10. The molecule has 0 amide bonds. The van der Waals surface area contributed by atoms with Gasteiger partial charge in [0.05, 0.1) is 12.0 Å². The Hall–Kier alpha value is -1.80. The van der Waals surface area contributed by atoms with Gasteiger partial charge in [-0.3, -0.25) is 10.7 Å². The first-order chi connectivity index (χ1) is 11.3. The first kappa shape index (κ1) is 17.0. The van der Waals surface area contributed by atoms with Gasteiger partial charge in [0.25, 0.3) is 0 Å². The Balaban J connectivity index is 2.21. The molecule has 1 saturated heterocycles. The highest BCUT2D eigenvalue weighted by Gasteiger charge is 2.53. The van der Waals surface area contributed by atoms with E-state index in [1.807, 2.05) is 5.48 Å². The van der Waals surface area contributed by atoms with Gasteiger partial charge in [0.2, 0.25) is 0 Å². The van der Waals surface area contributed by atoms with E-state index in [0.29, 0.717) is 0 Å². The highest BCUT2D eigenvalue weighted by atomic mass is 16.6. The van der Waals surface area contributed by atoms with Gasteiger partial charge < -0.3 is 34.7 Å². The van der Waals surface area contributed by atoms with Crippen molar-refractivity contribution in [3.8, 4) is 0 Å². The predicted octanol–water partition coefficient (Wildman–Crippen LogP) is -3.09. The van der Waals surface area contributed by atoms with E-state index in [1.54, 1.807) is 0 Å². The smallest absolute Gasteiger partial charge is 0.423 e. The lowest BCUT2D eigenvalue weighted by molar-refractivity contribution is -0.0947. The molecular formula is C12H17BN4O7. The van der Waals surface area contributed by atoms with Gasteiger partial charge in [0.15, 0.2) is 12.0 Å². The van der Waals surface area contributed by atoms with E-state index in [9.17, 15) is 30.6 Å². The van der Waals surface area contributed by atoms with Crippen LogP contribution in [0.25, 0.3) is 11.0 Å². The third-order valence-corrected chi connectivity index (χ3v) is 4.21. The first-order valence-electron chi connectivity index (χ1n) is 7.11. The van der Waals surface area contributed by atoms with E-state index in [1.165, 1.54) is 17.7 Å². The lowest BCUT2D eigenvalue weighted by atomic mass is 9.80. The molecule has 4 atom stereocenters. The molecule has 3 heterocycles. The zero-order chi connectivity index (χ0) is 17.6. The summed E-state index contributed by atoms with van der Waals surface area (Å²) < 4.78 is 6.79. The summed E-state index contributed by atoms with van der Waals surface area (Å²) >= 11 is 0. The van der Waals surface area contributed by atoms with E-state index in [-0.39, 0.29) is 22.3 Å². The van der Waals surface area contributed by atoms with Crippen LogP contribution in [0.4, 0.5) is 5.82 Å². The third-order valence-electron chi connectivity index (χ3n) is 4.21. The van der Waals surface area contributed by atoms with Crippen LogP contribution in [-0.4, -0.2) is 76.6 Å². The maximum atomic E-state index is 10.6. The number of nitrogens with zero attached hydrogens (tertiary/aromatic N) is 3. The van der Waals surface area contributed by atoms with Crippen molar-refractivity contribution in [2.24, 2.45) is 0 Å². The lowest BCUT2D eigenvalue weighted by Gasteiger charge is -2.27. The fraction of sp³-hybridized carbons (Fsp3) is 0.500. The molecule has 2 aromatic heterocycles. The molecule has 0 radical (unpaired) electrons. The highest BCUT2D eigenvalue weighted by Crippen LogP contribution is 2.39. The van der Waals surface area contributed by atoms with Gasteiger partial charge in [-0.25, -0.2) is 9.97 Å². The number of aliphatic hydroxyl groups is 3. The Morgan fingerprint density at radius 1 is 1.42 bits per heavy atom. The molecule has 1 aliphatic rings.